The maximum atomic E-state index is 12.4. The van der Waals surface area contributed by atoms with Gasteiger partial charge in [0.25, 0.3) is 0 Å². The molecule has 122 valence electrons. The molecule has 1 saturated heterocycles. The fourth-order valence-electron chi connectivity index (χ4n) is 2.64. The number of rotatable bonds is 3. The van der Waals surface area contributed by atoms with Gasteiger partial charge in [-0.3, -0.25) is 0 Å². The Hall–Kier alpha value is -1.78. The second-order valence-corrected chi connectivity index (χ2v) is 6.55. The van der Waals surface area contributed by atoms with E-state index >= 15 is 0 Å². The van der Waals surface area contributed by atoms with Gasteiger partial charge in [0.15, 0.2) is 0 Å². The van der Waals surface area contributed by atoms with Crippen molar-refractivity contribution >= 4 is 6.09 Å². The average Bonchev–Trinajstić information content (AvgIpc) is 2.47. The van der Waals surface area contributed by atoms with Crippen LogP contribution < -0.4 is 4.74 Å². The van der Waals surface area contributed by atoms with E-state index in [9.17, 15) is 4.79 Å². The monoisotopic (exact) mass is 306 g/mol. The number of aromatic nitrogens is 1. The number of piperidine rings is 1. The van der Waals surface area contributed by atoms with Crippen LogP contribution in [0.2, 0.25) is 0 Å². The lowest BCUT2D eigenvalue weighted by Crippen LogP contribution is -2.41. The topological polar surface area (TPSA) is 51.7 Å². The Bertz CT molecular complexity index is 494. The van der Waals surface area contributed by atoms with Crippen molar-refractivity contribution in [2.24, 2.45) is 0 Å². The number of hydrogen-bond acceptors (Lipinski definition) is 4. The summed E-state index contributed by atoms with van der Waals surface area (Å²) in [4.78, 5) is 18.6. The molecule has 2 rings (SSSR count). The second kappa shape index (κ2) is 6.99. The molecule has 1 atom stereocenters. The number of pyridine rings is 1. The van der Waals surface area contributed by atoms with Gasteiger partial charge < -0.3 is 14.4 Å². The molecule has 0 bridgehead atoms. The highest BCUT2D eigenvalue weighted by atomic mass is 16.6. The molecule has 1 amide bonds. The molecule has 5 heteroatoms. The molecule has 0 radical (unpaired) electrons. The van der Waals surface area contributed by atoms with Crippen LogP contribution in [0, 0.1) is 0 Å². The van der Waals surface area contributed by atoms with Crippen LogP contribution in [-0.4, -0.2) is 34.7 Å². The highest BCUT2D eigenvalue weighted by Gasteiger charge is 2.31. The molecule has 0 saturated carbocycles. The minimum absolute atomic E-state index is 0.0341. The molecule has 1 unspecified atom stereocenters. The van der Waals surface area contributed by atoms with Crippen LogP contribution in [0.15, 0.2) is 18.3 Å². The van der Waals surface area contributed by atoms with Gasteiger partial charge in [0.1, 0.15) is 5.60 Å². The molecule has 0 aromatic carbocycles. The summed E-state index contributed by atoms with van der Waals surface area (Å²) >= 11 is 0. The zero-order chi connectivity index (χ0) is 16.2. The van der Waals surface area contributed by atoms with E-state index in [-0.39, 0.29) is 12.1 Å². The van der Waals surface area contributed by atoms with Crippen molar-refractivity contribution in [2.45, 2.75) is 58.6 Å². The quantitative estimate of drug-likeness (QED) is 0.848. The second-order valence-electron chi connectivity index (χ2n) is 6.55. The van der Waals surface area contributed by atoms with Gasteiger partial charge in [-0.05, 0) is 52.5 Å². The third-order valence-electron chi connectivity index (χ3n) is 3.57. The predicted octanol–water partition coefficient (Wildman–Crippen LogP) is 3.94. The Morgan fingerprint density at radius 1 is 1.36 bits per heavy atom. The summed E-state index contributed by atoms with van der Waals surface area (Å²) in [5, 5.41) is 0. The zero-order valence-corrected chi connectivity index (χ0v) is 14.0. The summed E-state index contributed by atoms with van der Waals surface area (Å²) in [5.74, 6) is 0.617. The normalized spacial score (nSPS) is 18.9. The fraction of sp³-hybridized carbons (Fsp3) is 0.647. The number of carbonyl (C=O) groups is 1. The van der Waals surface area contributed by atoms with E-state index in [1.165, 1.54) is 0 Å². The van der Waals surface area contributed by atoms with Gasteiger partial charge in [-0.15, -0.1) is 0 Å². The van der Waals surface area contributed by atoms with Crippen molar-refractivity contribution in [1.82, 2.24) is 9.88 Å². The van der Waals surface area contributed by atoms with Crippen molar-refractivity contribution in [1.29, 1.82) is 0 Å². The molecule has 1 aliphatic heterocycles. The molecule has 1 fully saturated rings. The Kier molecular flexibility index (Phi) is 5.27. The van der Waals surface area contributed by atoms with Crippen LogP contribution in [0.4, 0.5) is 4.79 Å². The predicted molar refractivity (Wildman–Crippen MR) is 84.9 cm³/mol. The summed E-state index contributed by atoms with van der Waals surface area (Å²) in [6.45, 7) is 8.93. The molecule has 1 aromatic rings. The number of amides is 1. The Morgan fingerprint density at radius 3 is 2.73 bits per heavy atom. The van der Waals surface area contributed by atoms with E-state index in [2.05, 4.69) is 4.98 Å². The number of likely N-dealkylation sites (tertiary alicyclic amines) is 1. The summed E-state index contributed by atoms with van der Waals surface area (Å²) in [7, 11) is 0. The maximum Gasteiger partial charge on any atom is 0.410 e. The van der Waals surface area contributed by atoms with Crippen molar-refractivity contribution in [3.8, 4) is 5.88 Å². The Labute approximate surface area is 132 Å². The molecule has 1 aliphatic rings. The first-order chi connectivity index (χ1) is 10.4. The van der Waals surface area contributed by atoms with Crippen LogP contribution in [-0.2, 0) is 4.74 Å². The van der Waals surface area contributed by atoms with Crippen LogP contribution in [0.5, 0.6) is 5.88 Å². The zero-order valence-electron chi connectivity index (χ0n) is 14.0. The molecule has 0 spiro atoms. The van der Waals surface area contributed by atoms with Crippen LogP contribution in [0.25, 0.3) is 0 Å². The van der Waals surface area contributed by atoms with Gasteiger partial charge in [-0.1, -0.05) is 6.07 Å². The smallest absolute Gasteiger partial charge is 0.410 e. The minimum Gasteiger partial charge on any atom is -0.478 e. The van der Waals surface area contributed by atoms with Crippen molar-refractivity contribution < 1.29 is 14.3 Å². The lowest BCUT2D eigenvalue weighted by molar-refractivity contribution is 0.00948. The Balaban J connectivity index is 2.13. The van der Waals surface area contributed by atoms with E-state index in [1.54, 1.807) is 6.20 Å². The van der Waals surface area contributed by atoms with E-state index in [0.717, 1.165) is 31.4 Å². The number of hydrogen-bond donors (Lipinski definition) is 0. The standard InChI is InChI=1S/C17H26N2O3/c1-5-21-15-10-9-13(12-18-15)14-8-6-7-11-19(14)16(20)22-17(2,3)4/h9-10,12,14H,5-8,11H2,1-4H3. The fourth-order valence-corrected chi connectivity index (χ4v) is 2.64. The summed E-state index contributed by atoms with van der Waals surface area (Å²) in [5.41, 5.74) is 0.560. The number of ether oxygens (including phenoxy) is 2. The van der Waals surface area contributed by atoms with Gasteiger partial charge in [0, 0.05) is 18.8 Å². The molecule has 0 N–H and O–H groups in total. The molecule has 5 nitrogen and oxygen atoms in total. The molecular formula is C17H26N2O3. The van der Waals surface area contributed by atoms with Crippen LogP contribution in [0.3, 0.4) is 0 Å². The van der Waals surface area contributed by atoms with E-state index in [4.69, 9.17) is 9.47 Å². The van der Waals surface area contributed by atoms with Gasteiger partial charge in [-0.2, -0.15) is 0 Å². The highest BCUT2D eigenvalue weighted by Crippen LogP contribution is 2.32. The highest BCUT2D eigenvalue weighted by molar-refractivity contribution is 5.69. The lowest BCUT2D eigenvalue weighted by atomic mass is 9.97. The molecule has 2 heterocycles. The van der Waals surface area contributed by atoms with Crippen molar-refractivity contribution in [3.63, 3.8) is 0 Å². The van der Waals surface area contributed by atoms with Gasteiger partial charge in [-0.25, -0.2) is 9.78 Å². The summed E-state index contributed by atoms with van der Waals surface area (Å²) in [6, 6.07) is 3.89. The van der Waals surface area contributed by atoms with Crippen LogP contribution >= 0.6 is 0 Å². The first-order valence-corrected chi connectivity index (χ1v) is 7.99. The Morgan fingerprint density at radius 2 is 2.14 bits per heavy atom. The molecule has 22 heavy (non-hydrogen) atoms. The largest absolute Gasteiger partial charge is 0.478 e. The van der Waals surface area contributed by atoms with Gasteiger partial charge in [0.05, 0.1) is 12.6 Å². The average molecular weight is 306 g/mol. The number of carbonyl (C=O) groups excluding carboxylic acids is 1. The third kappa shape index (κ3) is 4.36. The lowest BCUT2D eigenvalue weighted by Gasteiger charge is -2.36. The first kappa shape index (κ1) is 16.6. The van der Waals surface area contributed by atoms with Gasteiger partial charge in [0.2, 0.25) is 5.88 Å². The van der Waals surface area contributed by atoms with E-state index in [1.807, 2.05) is 44.7 Å². The first-order valence-electron chi connectivity index (χ1n) is 7.99. The van der Waals surface area contributed by atoms with E-state index in [0.29, 0.717) is 12.5 Å². The molecule has 1 aromatic heterocycles. The van der Waals surface area contributed by atoms with Crippen molar-refractivity contribution in [3.05, 3.63) is 23.9 Å². The van der Waals surface area contributed by atoms with Crippen LogP contribution in [0.1, 0.15) is 58.6 Å². The molecular weight excluding hydrogens is 280 g/mol. The minimum atomic E-state index is -0.476. The SMILES string of the molecule is CCOc1ccc(C2CCCCN2C(=O)OC(C)(C)C)cn1. The summed E-state index contributed by atoms with van der Waals surface area (Å²) < 4.78 is 10.9. The summed E-state index contributed by atoms with van der Waals surface area (Å²) in [6.07, 6.45) is 4.62. The third-order valence-corrected chi connectivity index (χ3v) is 3.57. The van der Waals surface area contributed by atoms with E-state index < -0.39 is 5.60 Å². The van der Waals surface area contributed by atoms with Crippen molar-refractivity contribution in [2.75, 3.05) is 13.2 Å². The van der Waals surface area contributed by atoms with Gasteiger partial charge >= 0.3 is 6.09 Å². The number of nitrogens with zero attached hydrogens (tertiary/aromatic N) is 2. The maximum absolute atomic E-state index is 12.4. The molecule has 0 aliphatic carbocycles.